The average Bonchev–Trinajstić information content (AvgIpc) is 3.26. The number of carboxylic acid groups (broad SMARTS) is 1. The van der Waals surface area contributed by atoms with Gasteiger partial charge in [0, 0.05) is 24.1 Å². The van der Waals surface area contributed by atoms with Crippen molar-refractivity contribution >= 4 is 36.3 Å². The van der Waals surface area contributed by atoms with Crippen molar-refractivity contribution in [2.45, 2.75) is 50.9 Å². The van der Waals surface area contributed by atoms with Crippen LogP contribution in [0.25, 0.3) is 0 Å². The Hall–Kier alpha value is -2.64. The number of nitrogens with zero attached hydrogens (tertiary/aromatic N) is 1. The van der Waals surface area contributed by atoms with E-state index in [0.29, 0.717) is 12.1 Å². The zero-order valence-corrected chi connectivity index (χ0v) is 18.3. The first kappa shape index (κ1) is 26.4. The molecule has 0 aliphatic heterocycles. The number of rotatable bonds is 13. The second kappa shape index (κ2) is 12.9. The van der Waals surface area contributed by atoms with Crippen LogP contribution < -0.4 is 21.7 Å². The van der Waals surface area contributed by atoms with Gasteiger partial charge < -0.3 is 36.9 Å². The summed E-state index contributed by atoms with van der Waals surface area (Å²) in [4.78, 5) is 55.4. The molecule has 0 saturated carbocycles. The molecule has 1 heterocycles. The molecule has 5 atom stereocenters. The fraction of sp³-hybridized carbons (Fsp3) is 0.611. The van der Waals surface area contributed by atoms with E-state index < -0.39 is 54.5 Å². The maximum atomic E-state index is 12.8. The molecule has 0 spiro atoms. The molecule has 0 aliphatic rings. The van der Waals surface area contributed by atoms with E-state index in [-0.39, 0.29) is 18.1 Å². The highest BCUT2D eigenvalue weighted by molar-refractivity contribution is 7.80. The summed E-state index contributed by atoms with van der Waals surface area (Å²) in [5, 5.41) is 25.8. The molecule has 0 aromatic carbocycles. The maximum Gasteiger partial charge on any atom is 0.326 e. The molecule has 0 saturated heterocycles. The van der Waals surface area contributed by atoms with Crippen molar-refractivity contribution in [2.75, 3.05) is 12.4 Å². The molecular formula is C18H30N6O6S. The molecule has 31 heavy (non-hydrogen) atoms. The third kappa shape index (κ3) is 8.19. The third-order valence-corrected chi connectivity index (χ3v) is 5.10. The predicted molar refractivity (Wildman–Crippen MR) is 114 cm³/mol. The molecule has 0 bridgehead atoms. The number of aliphatic carboxylic acids is 1. The summed E-state index contributed by atoms with van der Waals surface area (Å²) in [6.07, 6.45) is 3.34. The summed E-state index contributed by atoms with van der Waals surface area (Å²) in [5.74, 6) is -3.76. The van der Waals surface area contributed by atoms with Gasteiger partial charge in [-0.05, 0) is 5.92 Å². The number of H-pyrrole nitrogens is 1. The van der Waals surface area contributed by atoms with E-state index in [0.717, 1.165) is 0 Å². The van der Waals surface area contributed by atoms with E-state index in [2.05, 4.69) is 38.5 Å². The lowest BCUT2D eigenvalue weighted by atomic mass is 9.97. The Morgan fingerprint density at radius 3 is 2.29 bits per heavy atom. The second-order valence-electron chi connectivity index (χ2n) is 7.08. The van der Waals surface area contributed by atoms with Gasteiger partial charge in [-0.25, -0.2) is 9.78 Å². The number of hydrogen-bond acceptors (Lipinski definition) is 8. The van der Waals surface area contributed by atoms with Crippen LogP contribution in [0.3, 0.4) is 0 Å². The van der Waals surface area contributed by atoms with Gasteiger partial charge in [-0.2, -0.15) is 12.6 Å². The highest BCUT2D eigenvalue weighted by Crippen LogP contribution is 2.09. The molecule has 1 rings (SSSR count). The normalized spacial score (nSPS) is 15.8. The molecule has 1 aromatic rings. The molecule has 12 nitrogen and oxygen atoms in total. The maximum absolute atomic E-state index is 12.8. The van der Waals surface area contributed by atoms with E-state index in [1.54, 1.807) is 6.92 Å². The smallest absolute Gasteiger partial charge is 0.326 e. The molecule has 0 radical (unpaired) electrons. The summed E-state index contributed by atoms with van der Waals surface area (Å²) >= 11 is 4.07. The number of thiol groups is 1. The van der Waals surface area contributed by atoms with Crippen molar-refractivity contribution in [2.24, 2.45) is 11.7 Å². The van der Waals surface area contributed by atoms with Crippen molar-refractivity contribution in [3.63, 3.8) is 0 Å². The predicted octanol–water partition coefficient (Wildman–Crippen LogP) is -2.21. The van der Waals surface area contributed by atoms with Crippen LogP contribution in [-0.4, -0.2) is 80.4 Å². The van der Waals surface area contributed by atoms with E-state index in [4.69, 9.17) is 10.8 Å². The van der Waals surface area contributed by atoms with Crippen LogP contribution >= 0.6 is 12.6 Å². The van der Waals surface area contributed by atoms with Gasteiger partial charge in [-0.15, -0.1) is 0 Å². The van der Waals surface area contributed by atoms with Crippen molar-refractivity contribution in [1.29, 1.82) is 0 Å². The summed E-state index contributed by atoms with van der Waals surface area (Å²) < 4.78 is 0. The van der Waals surface area contributed by atoms with Gasteiger partial charge in [0.2, 0.25) is 17.7 Å². The number of aromatic amines is 1. The van der Waals surface area contributed by atoms with Crippen LogP contribution in [-0.2, 0) is 25.6 Å². The van der Waals surface area contributed by atoms with Crippen molar-refractivity contribution in [3.05, 3.63) is 18.2 Å². The Morgan fingerprint density at radius 2 is 1.81 bits per heavy atom. The number of amides is 3. The standard InChI is InChI=1S/C18H30N6O6S/c1-3-9(2)14(24-15(26)11(19)6-25)17(28)23-13(7-31)16(27)22-12(18(29)30)4-10-5-20-8-21-10/h5,8-9,11-14,25,31H,3-4,6-7,19H2,1-2H3,(H,20,21)(H,22,27)(H,23,28)(H,24,26)(H,29,30). The minimum atomic E-state index is -1.25. The molecule has 8 N–H and O–H groups in total. The third-order valence-electron chi connectivity index (χ3n) is 4.74. The topological polar surface area (TPSA) is 200 Å². The first-order valence-corrected chi connectivity index (χ1v) is 10.4. The van der Waals surface area contributed by atoms with Crippen LogP contribution in [0.1, 0.15) is 26.0 Å². The Labute approximate surface area is 185 Å². The number of carboxylic acids is 1. The number of nitrogens with one attached hydrogen (secondary N) is 4. The molecule has 0 aliphatic carbocycles. The number of carbonyl (C=O) groups excluding carboxylic acids is 3. The zero-order chi connectivity index (χ0) is 23.6. The van der Waals surface area contributed by atoms with Gasteiger partial charge in [-0.1, -0.05) is 20.3 Å². The van der Waals surface area contributed by atoms with Gasteiger partial charge in [0.25, 0.3) is 0 Å². The molecule has 13 heteroatoms. The molecule has 1 aromatic heterocycles. The lowest BCUT2D eigenvalue weighted by Gasteiger charge is -2.27. The monoisotopic (exact) mass is 458 g/mol. The van der Waals surface area contributed by atoms with Crippen LogP contribution in [0, 0.1) is 5.92 Å². The number of aliphatic hydroxyl groups excluding tert-OH is 1. The minimum absolute atomic E-state index is 0.0289. The molecular weight excluding hydrogens is 428 g/mol. The number of nitrogens with two attached hydrogens (primary N) is 1. The van der Waals surface area contributed by atoms with Crippen LogP contribution in [0.4, 0.5) is 0 Å². The summed E-state index contributed by atoms with van der Waals surface area (Å²) in [6.45, 7) is 2.96. The van der Waals surface area contributed by atoms with Crippen LogP contribution in [0.5, 0.6) is 0 Å². The van der Waals surface area contributed by atoms with E-state index >= 15 is 0 Å². The van der Waals surface area contributed by atoms with Gasteiger partial charge in [-0.3, -0.25) is 14.4 Å². The largest absolute Gasteiger partial charge is 0.480 e. The Kier molecular flexibility index (Phi) is 11.0. The number of carbonyl (C=O) groups is 4. The molecule has 5 unspecified atom stereocenters. The van der Waals surface area contributed by atoms with E-state index in [1.807, 2.05) is 6.92 Å². The van der Waals surface area contributed by atoms with Crippen molar-refractivity contribution in [1.82, 2.24) is 25.9 Å². The van der Waals surface area contributed by atoms with Gasteiger partial charge in [0.15, 0.2) is 0 Å². The highest BCUT2D eigenvalue weighted by atomic mass is 32.1. The Morgan fingerprint density at radius 1 is 1.16 bits per heavy atom. The molecule has 0 fully saturated rings. The number of imidazole rings is 1. The lowest BCUT2D eigenvalue weighted by Crippen LogP contribution is -2.59. The highest BCUT2D eigenvalue weighted by Gasteiger charge is 2.32. The van der Waals surface area contributed by atoms with E-state index in [9.17, 15) is 24.3 Å². The fourth-order valence-corrected chi connectivity index (χ4v) is 2.85. The SMILES string of the molecule is CCC(C)C(NC(=O)C(N)CO)C(=O)NC(CS)C(=O)NC(Cc1cnc[nH]1)C(=O)O. The van der Waals surface area contributed by atoms with Gasteiger partial charge in [0.1, 0.15) is 24.2 Å². The molecule has 3 amide bonds. The first-order chi connectivity index (χ1) is 14.6. The summed E-state index contributed by atoms with van der Waals surface area (Å²) in [5.41, 5.74) is 6.00. The number of aromatic nitrogens is 2. The quantitative estimate of drug-likeness (QED) is 0.152. The molecule has 174 valence electrons. The van der Waals surface area contributed by atoms with Gasteiger partial charge in [0.05, 0.1) is 12.9 Å². The first-order valence-electron chi connectivity index (χ1n) is 9.72. The second-order valence-corrected chi connectivity index (χ2v) is 7.45. The van der Waals surface area contributed by atoms with E-state index in [1.165, 1.54) is 12.5 Å². The number of hydrogen-bond donors (Lipinski definition) is 8. The zero-order valence-electron chi connectivity index (χ0n) is 17.4. The minimum Gasteiger partial charge on any atom is -0.480 e. The van der Waals surface area contributed by atoms with Crippen LogP contribution in [0.15, 0.2) is 12.5 Å². The van der Waals surface area contributed by atoms with Crippen molar-refractivity contribution < 1.29 is 29.4 Å². The number of aliphatic hydroxyl groups is 1. The van der Waals surface area contributed by atoms with Crippen molar-refractivity contribution in [3.8, 4) is 0 Å². The fourth-order valence-electron chi connectivity index (χ4n) is 2.59. The lowest BCUT2D eigenvalue weighted by molar-refractivity contribution is -0.142. The Bertz CT molecular complexity index is 746. The Balaban J connectivity index is 2.85. The summed E-state index contributed by atoms with van der Waals surface area (Å²) in [6, 6.07) is -4.60. The van der Waals surface area contributed by atoms with Gasteiger partial charge >= 0.3 is 5.97 Å². The summed E-state index contributed by atoms with van der Waals surface area (Å²) in [7, 11) is 0. The average molecular weight is 459 g/mol. The van der Waals surface area contributed by atoms with Crippen LogP contribution in [0.2, 0.25) is 0 Å².